The zero-order valence-corrected chi connectivity index (χ0v) is 11.7. The predicted octanol–water partition coefficient (Wildman–Crippen LogP) is 5.27. The molecule has 3 aromatic rings. The average molecular weight is 249 g/mol. The first-order valence-corrected chi connectivity index (χ1v) is 6.84. The van der Waals surface area contributed by atoms with Gasteiger partial charge in [0.05, 0.1) is 0 Å². The number of rotatable bonds is 2. The van der Waals surface area contributed by atoms with E-state index in [4.69, 9.17) is 0 Å². The molecule has 1 heterocycles. The summed E-state index contributed by atoms with van der Waals surface area (Å²) in [7, 11) is 0. The second kappa shape index (κ2) is 4.58. The monoisotopic (exact) mass is 249 g/mol. The highest BCUT2D eigenvalue weighted by Gasteiger charge is 2.08. The zero-order valence-electron chi connectivity index (χ0n) is 11.7. The fourth-order valence-electron chi connectivity index (χ4n) is 2.71. The van der Waals surface area contributed by atoms with E-state index in [1.54, 1.807) is 0 Å². The van der Waals surface area contributed by atoms with Gasteiger partial charge in [0.15, 0.2) is 0 Å². The lowest BCUT2D eigenvalue weighted by Crippen LogP contribution is -1.91. The van der Waals surface area contributed by atoms with E-state index in [-0.39, 0.29) is 0 Å². The molecule has 19 heavy (non-hydrogen) atoms. The van der Waals surface area contributed by atoms with Gasteiger partial charge >= 0.3 is 0 Å². The van der Waals surface area contributed by atoms with Crippen molar-refractivity contribution in [3.8, 4) is 11.3 Å². The lowest BCUT2D eigenvalue weighted by Gasteiger charge is -2.09. The summed E-state index contributed by atoms with van der Waals surface area (Å²) in [6.07, 6.45) is 0. The summed E-state index contributed by atoms with van der Waals surface area (Å²) in [5.74, 6) is 0.563. The van der Waals surface area contributed by atoms with Crippen molar-refractivity contribution in [2.24, 2.45) is 0 Å². The first-order chi connectivity index (χ1) is 9.15. The summed E-state index contributed by atoms with van der Waals surface area (Å²) in [5, 5.41) is 1.29. The molecule has 0 aliphatic rings. The Kier molecular flexibility index (Phi) is 2.90. The van der Waals surface area contributed by atoms with Crippen LogP contribution in [0.4, 0.5) is 0 Å². The number of hydrogen-bond donors (Lipinski definition) is 1. The Bertz CT molecular complexity index is 705. The number of fused-ring (bicyclic) bond motifs is 1. The van der Waals surface area contributed by atoms with E-state index in [1.165, 1.54) is 33.3 Å². The SMILES string of the molecule is Cc1cc2cc(-c3ccccc3)[nH]c2cc1C(C)C. The summed E-state index contributed by atoms with van der Waals surface area (Å²) < 4.78 is 0. The van der Waals surface area contributed by atoms with Crippen molar-refractivity contribution in [3.63, 3.8) is 0 Å². The molecule has 1 N–H and O–H groups in total. The molecule has 0 unspecified atom stereocenters. The molecule has 0 amide bonds. The second-order valence-corrected chi connectivity index (χ2v) is 5.50. The third-order valence-electron chi connectivity index (χ3n) is 3.71. The van der Waals surface area contributed by atoms with Crippen LogP contribution in [0, 0.1) is 6.92 Å². The minimum atomic E-state index is 0.563. The number of hydrogen-bond acceptors (Lipinski definition) is 0. The van der Waals surface area contributed by atoms with Gasteiger partial charge in [0.2, 0.25) is 0 Å². The molecule has 1 aromatic heterocycles. The van der Waals surface area contributed by atoms with Crippen LogP contribution in [0.15, 0.2) is 48.5 Å². The molecule has 96 valence electrons. The maximum Gasteiger partial charge on any atom is 0.0464 e. The summed E-state index contributed by atoms with van der Waals surface area (Å²) in [6, 6.07) is 17.3. The van der Waals surface area contributed by atoms with Gasteiger partial charge in [-0.15, -0.1) is 0 Å². The highest BCUT2D eigenvalue weighted by atomic mass is 14.7. The van der Waals surface area contributed by atoms with Crippen LogP contribution in [0.3, 0.4) is 0 Å². The average Bonchev–Trinajstić information content (AvgIpc) is 2.81. The van der Waals surface area contributed by atoms with Gasteiger partial charge < -0.3 is 4.98 Å². The van der Waals surface area contributed by atoms with Crippen LogP contribution in [-0.2, 0) is 0 Å². The van der Waals surface area contributed by atoms with Crippen molar-refractivity contribution in [1.29, 1.82) is 0 Å². The molecular weight excluding hydrogens is 230 g/mol. The first kappa shape index (κ1) is 12.0. The van der Waals surface area contributed by atoms with Gasteiger partial charge in [-0.05, 0) is 47.7 Å². The summed E-state index contributed by atoms with van der Waals surface area (Å²) in [6.45, 7) is 6.69. The molecule has 0 fully saturated rings. The highest BCUT2D eigenvalue weighted by molar-refractivity contribution is 5.87. The molecule has 3 rings (SSSR count). The van der Waals surface area contributed by atoms with E-state index in [1.807, 2.05) is 6.07 Å². The van der Waals surface area contributed by atoms with Crippen LogP contribution in [0.25, 0.3) is 22.2 Å². The largest absolute Gasteiger partial charge is 0.355 e. The second-order valence-electron chi connectivity index (χ2n) is 5.50. The molecule has 1 nitrogen and oxygen atoms in total. The molecular formula is C18H19N. The fraction of sp³-hybridized carbons (Fsp3) is 0.222. The van der Waals surface area contributed by atoms with Gasteiger partial charge in [0.25, 0.3) is 0 Å². The van der Waals surface area contributed by atoms with E-state index in [2.05, 4.69) is 68.2 Å². The number of benzene rings is 2. The third-order valence-corrected chi connectivity index (χ3v) is 3.71. The van der Waals surface area contributed by atoms with Gasteiger partial charge in [0, 0.05) is 16.6 Å². The molecule has 0 saturated heterocycles. The first-order valence-electron chi connectivity index (χ1n) is 6.84. The Morgan fingerprint density at radius 1 is 0.947 bits per heavy atom. The Balaban J connectivity index is 2.16. The summed E-state index contributed by atoms with van der Waals surface area (Å²) in [4.78, 5) is 3.53. The van der Waals surface area contributed by atoms with E-state index in [9.17, 15) is 0 Å². The lowest BCUT2D eigenvalue weighted by molar-refractivity contribution is 0.858. The molecule has 0 aliphatic heterocycles. The third kappa shape index (κ3) is 2.17. The van der Waals surface area contributed by atoms with Crippen molar-refractivity contribution < 1.29 is 0 Å². The predicted molar refractivity (Wildman–Crippen MR) is 82.6 cm³/mol. The molecule has 0 aliphatic carbocycles. The van der Waals surface area contributed by atoms with Gasteiger partial charge in [-0.2, -0.15) is 0 Å². The van der Waals surface area contributed by atoms with Crippen LogP contribution >= 0.6 is 0 Å². The number of aryl methyl sites for hydroxylation is 1. The number of aromatic nitrogens is 1. The van der Waals surface area contributed by atoms with E-state index >= 15 is 0 Å². The minimum Gasteiger partial charge on any atom is -0.355 e. The Labute approximate surface area is 114 Å². The Morgan fingerprint density at radius 2 is 1.68 bits per heavy atom. The Hall–Kier alpha value is -2.02. The highest BCUT2D eigenvalue weighted by Crippen LogP contribution is 2.29. The smallest absolute Gasteiger partial charge is 0.0464 e. The van der Waals surface area contributed by atoms with Crippen LogP contribution in [-0.4, -0.2) is 4.98 Å². The molecule has 2 aromatic carbocycles. The molecule has 0 saturated carbocycles. The van der Waals surface area contributed by atoms with Gasteiger partial charge in [-0.3, -0.25) is 0 Å². The van der Waals surface area contributed by atoms with Gasteiger partial charge in [-0.25, -0.2) is 0 Å². The standard InChI is InChI=1S/C18H19N/c1-12(2)16-11-18-15(9-13(16)3)10-17(19-18)14-7-5-4-6-8-14/h4-12,19H,1-3H3. The fourth-order valence-corrected chi connectivity index (χ4v) is 2.71. The van der Waals surface area contributed by atoms with Crippen molar-refractivity contribution in [1.82, 2.24) is 4.98 Å². The quantitative estimate of drug-likeness (QED) is 0.637. The molecule has 1 heteroatoms. The van der Waals surface area contributed by atoms with Crippen LogP contribution in [0.1, 0.15) is 30.9 Å². The topological polar surface area (TPSA) is 15.8 Å². The number of nitrogens with one attached hydrogen (secondary N) is 1. The van der Waals surface area contributed by atoms with Crippen molar-refractivity contribution in [2.75, 3.05) is 0 Å². The van der Waals surface area contributed by atoms with Gasteiger partial charge in [-0.1, -0.05) is 44.2 Å². The molecule has 0 radical (unpaired) electrons. The van der Waals surface area contributed by atoms with Crippen molar-refractivity contribution in [3.05, 3.63) is 59.7 Å². The van der Waals surface area contributed by atoms with Crippen LogP contribution in [0.2, 0.25) is 0 Å². The number of aromatic amines is 1. The molecule has 0 spiro atoms. The Morgan fingerprint density at radius 3 is 2.37 bits per heavy atom. The van der Waals surface area contributed by atoms with Crippen LogP contribution < -0.4 is 0 Å². The molecule has 0 atom stereocenters. The minimum absolute atomic E-state index is 0.563. The number of H-pyrrole nitrogens is 1. The van der Waals surface area contributed by atoms with E-state index < -0.39 is 0 Å². The van der Waals surface area contributed by atoms with E-state index in [0.29, 0.717) is 5.92 Å². The maximum absolute atomic E-state index is 3.53. The van der Waals surface area contributed by atoms with E-state index in [0.717, 1.165) is 0 Å². The van der Waals surface area contributed by atoms with Gasteiger partial charge in [0.1, 0.15) is 0 Å². The van der Waals surface area contributed by atoms with Crippen LogP contribution in [0.5, 0.6) is 0 Å². The van der Waals surface area contributed by atoms with Crippen molar-refractivity contribution >= 4 is 10.9 Å². The lowest BCUT2D eigenvalue weighted by atomic mass is 9.97. The van der Waals surface area contributed by atoms with Crippen molar-refractivity contribution in [2.45, 2.75) is 26.7 Å². The summed E-state index contributed by atoms with van der Waals surface area (Å²) in [5.41, 5.74) is 6.46. The summed E-state index contributed by atoms with van der Waals surface area (Å²) >= 11 is 0. The molecule has 0 bridgehead atoms. The maximum atomic E-state index is 3.53. The zero-order chi connectivity index (χ0) is 13.4. The normalized spacial score (nSPS) is 11.4.